The van der Waals surface area contributed by atoms with Gasteiger partial charge < -0.3 is 18.9 Å². The van der Waals surface area contributed by atoms with Crippen molar-refractivity contribution in [2.24, 2.45) is 0 Å². The Morgan fingerprint density at radius 2 is 1.05 bits per heavy atom. The van der Waals surface area contributed by atoms with Crippen molar-refractivity contribution in [1.29, 1.82) is 0 Å². The molecule has 6 aromatic carbocycles. The van der Waals surface area contributed by atoms with Gasteiger partial charge in [-0.2, -0.15) is 0 Å². The molecular weight excluding hydrogens is 773 g/mol. The van der Waals surface area contributed by atoms with Crippen LogP contribution in [0.5, 0.6) is 23.0 Å². The van der Waals surface area contributed by atoms with Gasteiger partial charge in [0.2, 0.25) is 0 Å². The third-order valence-corrected chi connectivity index (χ3v) is 14.5. The molecule has 2 bridgehead atoms. The summed E-state index contributed by atoms with van der Waals surface area (Å²) in [5.74, 6) is 0.456. The molecule has 6 aromatic rings. The van der Waals surface area contributed by atoms with Crippen LogP contribution in [0.4, 0.5) is 11.4 Å². The molecule has 10 nitrogen and oxygen atoms in total. The Labute approximate surface area is 340 Å². The van der Waals surface area contributed by atoms with Gasteiger partial charge in [-0.15, -0.1) is 0 Å². The topological polar surface area (TPSA) is 120 Å². The van der Waals surface area contributed by atoms with Gasteiger partial charge in [0.05, 0.1) is 55.6 Å². The summed E-state index contributed by atoms with van der Waals surface area (Å²) in [6, 6.07) is 37.0. The van der Waals surface area contributed by atoms with Crippen LogP contribution in [0.3, 0.4) is 0 Å². The first-order chi connectivity index (χ1) is 27.9. The molecule has 0 radical (unpaired) electrons. The molecule has 58 heavy (non-hydrogen) atoms. The molecule has 0 saturated heterocycles. The van der Waals surface area contributed by atoms with Gasteiger partial charge in [0.1, 0.15) is 0 Å². The van der Waals surface area contributed by atoms with Gasteiger partial charge in [-0.25, -0.2) is 16.8 Å². The van der Waals surface area contributed by atoms with E-state index in [0.717, 1.165) is 27.8 Å². The number of benzene rings is 6. The van der Waals surface area contributed by atoms with E-state index in [-0.39, 0.29) is 9.79 Å². The van der Waals surface area contributed by atoms with Crippen LogP contribution < -0.4 is 28.0 Å². The number of sulfonamides is 2. The van der Waals surface area contributed by atoms with E-state index in [1.165, 1.54) is 4.31 Å². The summed E-state index contributed by atoms with van der Waals surface area (Å²) in [6.07, 6.45) is 0. The highest BCUT2D eigenvalue weighted by atomic mass is 32.2. The van der Waals surface area contributed by atoms with Crippen LogP contribution in [0.2, 0.25) is 0 Å². The minimum absolute atomic E-state index is 0.107. The maximum Gasteiger partial charge on any atom is 0.264 e. The van der Waals surface area contributed by atoms with E-state index in [4.69, 9.17) is 18.9 Å². The average molecular weight is 817 g/mol. The second-order valence-corrected chi connectivity index (χ2v) is 18.1. The minimum Gasteiger partial charge on any atom is -0.493 e. The molecule has 1 heterocycles. The van der Waals surface area contributed by atoms with E-state index in [1.54, 1.807) is 89.1 Å². The van der Waals surface area contributed by atoms with Crippen LogP contribution in [-0.2, 0) is 20.0 Å². The normalized spacial score (nSPS) is 18.4. The molecule has 12 heteroatoms. The monoisotopic (exact) mass is 816 g/mol. The van der Waals surface area contributed by atoms with Crippen LogP contribution in [0.1, 0.15) is 62.7 Å². The van der Waals surface area contributed by atoms with Gasteiger partial charge in [0.25, 0.3) is 20.0 Å². The predicted molar refractivity (Wildman–Crippen MR) is 225 cm³/mol. The van der Waals surface area contributed by atoms with Gasteiger partial charge in [0.15, 0.2) is 23.0 Å². The third-order valence-electron chi connectivity index (χ3n) is 11.4. The zero-order valence-corrected chi connectivity index (χ0v) is 34.6. The smallest absolute Gasteiger partial charge is 0.264 e. The highest BCUT2D eigenvalue weighted by Gasteiger charge is 2.55. The standard InChI is InChI=1S/C46H44N2O8S2/c1-28-15-20-31(21-16-28)57(49,50)47-37-13-9-7-11-33(37)45-44-34-12-8-10-14-38(34)48(58(51,52)32-22-17-29(2)18-23-32)46(45)36-27-42(56-6)41(55-5)26-35(36)43(44)30-19-24-39(53-3)40(25-30)54-4/h7-27,43-47H,1-6H3/t43-,44+,45+,46-/m0/s1. The molecule has 0 saturated carbocycles. The molecule has 2 aliphatic rings. The zero-order valence-electron chi connectivity index (χ0n) is 33.0. The number of anilines is 2. The van der Waals surface area contributed by atoms with Gasteiger partial charge in [-0.3, -0.25) is 9.03 Å². The molecule has 0 amide bonds. The van der Waals surface area contributed by atoms with Gasteiger partial charge in [-0.05, 0) is 102 Å². The molecule has 298 valence electrons. The minimum atomic E-state index is -4.27. The summed E-state index contributed by atoms with van der Waals surface area (Å²) >= 11 is 0. The lowest BCUT2D eigenvalue weighted by Gasteiger charge is -2.54. The summed E-state index contributed by atoms with van der Waals surface area (Å²) in [7, 11) is -2.06. The van der Waals surface area contributed by atoms with Crippen molar-refractivity contribution in [1.82, 2.24) is 0 Å². The van der Waals surface area contributed by atoms with Crippen molar-refractivity contribution in [2.45, 2.75) is 47.4 Å². The first-order valence-corrected chi connectivity index (χ1v) is 21.7. The first kappa shape index (κ1) is 38.9. The maximum atomic E-state index is 15.4. The van der Waals surface area contributed by atoms with Gasteiger partial charge in [0, 0.05) is 17.8 Å². The lowest BCUT2D eigenvalue weighted by atomic mass is 9.58. The Morgan fingerprint density at radius 1 is 0.517 bits per heavy atom. The van der Waals surface area contributed by atoms with Crippen molar-refractivity contribution in [3.05, 3.63) is 166 Å². The summed E-state index contributed by atoms with van der Waals surface area (Å²) < 4.78 is 86.7. The highest BCUT2D eigenvalue weighted by Crippen LogP contribution is 2.66. The SMILES string of the molecule is COc1ccc([C@H]2c3cc(OC)c(OC)cc3[C@H]3[C@H](c4ccccc4NS(=O)(=O)c4ccc(C)cc4)[C@@H]2c2ccccc2N3S(=O)(=O)c2ccc(C)cc2)cc1OC. The fourth-order valence-electron chi connectivity index (χ4n) is 8.69. The molecule has 0 aromatic heterocycles. The van der Waals surface area contributed by atoms with Crippen LogP contribution in [0.15, 0.2) is 137 Å². The van der Waals surface area contributed by atoms with E-state index in [0.29, 0.717) is 45.5 Å². The van der Waals surface area contributed by atoms with E-state index in [9.17, 15) is 8.42 Å². The van der Waals surface area contributed by atoms with E-state index < -0.39 is 43.8 Å². The van der Waals surface area contributed by atoms with Crippen LogP contribution in [0.25, 0.3) is 0 Å². The van der Waals surface area contributed by atoms with Crippen LogP contribution in [-0.4, -0.2) is 45.3 Å². The molecular formula is C46H44N2O8S2. The lowest BCUT2D eigenvalue weighted by Crippen LogP contribution is -2.48. The Bertz CT molecular complexity index is 2740. The second kappa shape index (κ2) is 15.1. The molecule has 1 aliphatic carbocycles. The summed E-state index contributed by atoms with van der Waals surface area (Å²) in [4.78, 5) is 0.235. The summed E-state index contributed by atoms with van der Waals surface area (Å²) in [5, 5.41) is 0. The Morgan fingerprint density at radius 3 is 1.67 bits per heavy atom. The second-order valence-electron chi connectivity index (χ2n) is 14.6. The lowest BCUT2D eigenvalue weighted by molar-refractivity contribution is 0.341. The maximum absolute atomic E-state index is 15.4. The molecule has 4 atom stereocenters. The van der Waals surface area contributed by atoms with E-state index >= 15 is 8.42 Å². The fourth-order valence-corrected chi connectivity index (χ4v) is 11.5. The number of aryl methyl sites for hydroxylation is 2. The van der Waals surface area contributed by atoms with Gasteiger partial charge in [-0.1, -0.05) is 77.9 Å². The van der Waals surface area contributed by atoms with Crippen molar-refractivity contribution in [2.75, 3.05) is 37.5 Å². The summed E-state index contributed by atoms with van der Waals surface area (Å²) in [6.45, 7) is 3.81. The number of hydrogen-bond acceptors (Lipinski definition) is 8. The molecule has 1 aliphatic heterocycles. The predicted octanol–water partition coefficient (Wildman–Crippen LogP) is 9.10. The van der Waals surface area contributed by atoms with E-state index in [2.05, 4.69) is 4.72 Å². The Balaban J connectivity index is 1.47. The van der Waals surface area contributed by atoms with Crippen molar-refractivity contribution in [3.8, 4) is 23.0 Å². The number of fused-ring (bicyclic) bond motifs is 6. The third kappa shape index (κ3) is 6.50. The highest BCUT2D eigenvalue weighted by molar-refractivity contribution is 7.93. The number of nitrogens with zero attached hydrogens (tertiary/aromatic N) is 1. The molecule has 1 N–H and O–H groups in total. The molecule has 0 spiro atoms. The number of nitrogens with one attached hydrogen (secondary N) is 1. The molecule has 0 unspecified atom stereocenters. The first-order valence-electron chi connectivity index (χ1n) is 18.8. The molecule has 8 rings (SSSR count). The fraction of sp³-hybridized carbons (Fsp3) is 0.217. The summed E-state index contributed by atoms with van der Waals surface area (Å²) in [5.41, 5.74) is 6.49. The van der Waals surface area contributed by atoms with Crippen molar-refractivity contribution >= 4 is 31.4 Å². The number of methoxy groups -OCH3 is 4. The quantitative estimate of drug-likeness (QED) is 0.138. The van der Waals surface area contributed by atoms with Crippen LogP contribution >= 0.6 is 0 Å². The van der Waals surface area contributed by atoms with Gasteiger partial charge >= 0.3 is 0 Å². The number of hydrogen-bond donors (Lipinski definition) is 1. The number of rotatable bonds is 11. The van der Waals surface area contributed by atoms with Crippen molar-refractivity contribution in [3.63, 3.8) is 0 Å². The molecule has 0 fully saturated rings. The number of para-hydroxylation sites is 2. The zero-order chi connectivity index (χ0) is 40.9. The van der Waals surface area contributed by atoms with Crippen LogP contribution in [0, 0.1) is 13.8 Å². The Hall–Kier alpha value is -5.98. The largest absolute Gasteiger partial charge is 0.493 e. The number of ether oxygens (including phenoxy) is 4. The average Bonchev–Trinajstić information content (AvgIpc) is 3.23. The van der Waals surface area contributed by atoms with E-state index in [1.807, 2.05) is 80.6 Å². The van der Waals surface area contributed by atoms with Crippen molar-refractivity contribution < 1.29 is 35.8 Å². The Kier molecular flexibility index (Phi) is 10.1.